The molecule has 0 heterocycles. The molecule has 100 valence electrons. The van der Waals surface area contributed by atoms with Crippen LogP contribution in [-0.4, -0.2) is 23.8 Å². The first-order valence-corrected chi connectivity index (χ1v) is 6.19. The highest BCUT2D eigenvalue weighted by Crippen LogP contribution is 2.19. The van der Waals surface area contributed by atoms with Gasteiger partial charge < -0.3 is 14.6 Å². The summed E-state index contributed by atoms with van der Waals surface area (Å²) in [7, 11) is 0. The van der Waals surface area contributed by atoms with E-state index in [4.69, 9.17) is 9.47 Å². The van der Waals surface area contributed by atoms with E-state index in [-0.39, 0.29) is 5.97 Å². The minimum absolute atomic E-state index is 0.347. The van der Waals surface area contributed by atoms with Gasteiger partial charge in [0, 0.05) is 0 Å². The first kappa shape index (κ1) is 14.5. The maximum atomic E-state index is 11.6. The molecule has 1 rings (SSSR count). The Bertz CT molecular complexity index is 370. The Morgan fingerprint density at radius 1 is 1.28 bits per heavy atom. The van der Waals surface area contributed by atoms with Gasteiger partial charge in [-0.1, -0.05) is 19.1 Å². The highest BCUT2D eigenvalue weighted by Gasteiger charge is 2.19. The molecule has 0 fully saturated rings. The van der Waals surface area contributed by atoms with Crippen LogP contribution in [0.25, 0.3) is 0 Å². The highest BCUT2D eigenvalue weighted by atomic mass is 16.6. The zero-order chi connectivity index (χ0) is 13.5. The summed E-state index contributed by atoms with van der Waals surface area (Å²) in [5, 5.41) is 9.39. The number of hydrogen-bond acceptors (Lipinski definition) is 4. The van der Waals surface area contributed by atoms with E-state index in [9.17, 15) is 9.90 Å². The SMILES string of the molecule is CCOC(=O)C(CC)Oc1ccc([C@H](C)O)cc1. The molecule has 0 amide bonds. The topological polar surface area (TPSA) is 55.8 Å². The van der Waals surface area contributed by atoms with Crippen molar-refractivity contribution in [2.75, 3.05) is 6.61 Å². The zero-order valence-electron chi connectivity index (χ0n) is 11.1. The molecule has 0 bridgehead atoms. The molecular formula is C14H20O4. The summed E-state index contributed by atoms with van der Waals surface area (Å²) in [6, 6.07) is 7.03. The molecule has 1 unspecified atom stereocenters. The smallest absolute Gasteiger partial charge is 0.347 e. The van der Waals surface area contributed by atoms with Crippen LogP contribution in [0.2, 0.25) is 0 Å². The third-order valence-electron chi connectivity index (χ3n) is 2.56. The highest BCUT2D eigenvalue weighted by molar-refractivity contribution is 5.75. The van der Waals surface area contributed by atoms with Crippen molar-refractivity contribution in [1.29, 1.82) is 0 Å². The number of ether oxygens (including phenoxy) is 2. The Labute approximate surface area is 108 Å². The van der Waals surface area contributed by atoms with Crippen molar-refractivity contribution in [3.05, 3.63) is 29.8 Å². The summed E-state index contributed by atoms with van der Waals surface area (Å²) in [4.78, 5) is 11.6. The summed E-state index contributed by atoms with van der Waals surface area (Å²) in [6.45, 7) is 5.68. The largest absolute Gasteiger partial charge is 0.479 e. The molecule has 0 aliphatic carbocycles. The van der Waals surface area contributed by atoms with Crippen LogP contribution in [-0.2, 0) is 9.53 Å². The lowest BCUT2D eigenvalue weighted by molar-refractivity contribution is -0.151. The summed E-state index contributed by atoms with van der Waals surface area (Å²) in [5.74, 6) is 0.249. The monoisotopic (exact) mass is 252 g/mol. The number of benzene rings is 1. The lowest BCUT2D eigenvalue weighted by Gasteiger charge is -2.16. The average molecular weight is 252 g/mol. The van der Waals surface area contributed by atoms with Gasteiger partial charge in [-0.05, 0) is 38.0 Å². The molecule has 4 heteroatoms. The fourth-order valence-corrected chi connectivity index (χ4v) is 1.52. The van der Waals surface area contributed by atoms with E-state index >= 15 is 0 Å². The quantitative estimate of drug-likeness (QED) is 0.790. The van der Waals surface area contributed by atoms with Gasteiger partial charge in [-0.2, -0.15) is 0 Å². The first-order valence-electron chi connectivity index (χ1n) is 6.19. The van der Waals surface area contributed by atoms with Gasteiger partial charge in [-0.15, -0.1) is 0 Å². The number of rotatable bonds is 6. The maximum Gasteiger partial charge on any atom is 0.347 e. The number of hydrogen-bond donors (Lipinski definition) is 1. The van der Waals surface area contributed by atoms with Crippen molar-refractivity contribution in [3.8, 4) is 5.75 Å². The molecule has 0 spiro atoms. The standard InChI is InChI=1S/C14H20O4/c1-4-13(14(16)17-5-2)18-12-8-6-11(7-9-12)10(3)15/h6-10,13,15H,4-5H2,1-3H3/t10-,13?/m0/s1. The van der Waals surface area contributed by atoms with Crippen molar-refractivity contribution in [2.24, 2.45) is 0 Å². The Morgan fingerprint density at radius 3 is 2.33 bits per heavy atom. The third-order valence-corrected chi connectivity index (χ3v) is 2.56. The molecule has 0 saturated carbocycles. The number of aliphatic hydroxyl groups is 1. The molecule has 18 heavy (non-hydrogen) atoms. The lowest BCUT2D eigenvalue weighted by Crippen LogP contribution is -2.28. The molecule has 1 aromatic carbocycles. The minimum atomic E-state index is -0.581. The van der Waals surface area contributed by atoms with Crippen LogP contribution >= 0.6 is 0 Å². The van der Waals surface area contributed by atoms with Crippen LogP contribution in [0.1, 0.15) is 38.9 Å². The van der Waals surface area contributed by atoms with Crippen LogP contribution in [0.3, 0.4) is 0 Å². The van der Waals surface area contributed by atoms with E-state index in [0.29, 0.717) is 18.8 Å². The number of aliphatic hydroxyl groups excluding tert-OH is 1. The second-order valence-electron chi connectivity index (χ2n) is 4.01. The molecule has 0 aromatic heterocycles. The summed E-state index contributed by atoms with van der Waals surface area (Å²) >= 11 is 0. The molecular weight excluding hydrogens is 232 g/mol. The normalized spacial score (nSPS) is 13.8. The van der Waals surface area contributed by atoms with Gasteiger partial charge >= 0.3 is 5.97 Å². The Hall–Kier alpha value is -1.55. The summed E-state index contributed by atoms with van der Waals surface area (Å²) < 4.78 is 10.5. The second kappa shape index (κ2) is 7.01. The van der Waals surface area contributed by atoms with Crippen LogP contribution in [0.4, 0.5) is 0 Å². The first-order chi connectivity index (χ1) is 8.58. The Kier molecular flexibility index (Phi) is 5.65. The second-order valence-corrected chi connectivity index (χ2v) is 4.01. The predicted octanol–water partition coefficient (Wildman–Crippen LogP) is 2.46. The van der Waals surface area contributed by atoms with Crippen LogP contribution in [0.5, 0.6) is 5.75 Å². The van der Waals surface area contributed by atoms with Crippen LogP contribution < -0.4 is 4.74 Å². The van der Waals surface area contributed by atoms with E-state index in [2.05, 4.69) is 0 Å². The van der Waals surface area contributed by atoms with E-state index < -0.39 is 12.2 Å². The fourth-order valence-electron chi connectivity index (χ4n) is 1.52. The number of esters is 1. The summed E-state index contributed by atoms with van der Waals surface area (Å²) in [6.07, 6.45) is -0.537. The predicted molar refractivity (Wildman–Crippen MR) is 68.4 cm³/mol. The number of carbonyl (C=O) groups is 1. The van der Waals surface area contributed by atoms with Gasteiger partial charge in [-0.25, -0.2) is 4.79 Å². The molecule has 0 aliphatic heterocycles. The van der Waals surface area contributed by atoms with Crippen LogP contribution in [0, 0.1) is 0 Å². The minimum Gasteiger partial charge on any atom is -0.479 e. The van der Waals surface area contributed by atoms with Gasteiger partial charge in [0.15, 0.2) is 6.10 Å². The Balaban J connectivity index is 2.67. The molecule has 1 aromatic rings. The average Bonchev–Trinajstić information content (AvgIpc) is 2.36. The van der Waals surface area contributed by atoms with Crippen molar-refractivity contribution in [1.82, 2.24) is 0 Å². The third kappa shape index (κ3) is 4.04. The Morgan fingerprint density at radius 2 is 1.89 bits per heavy atom. The molecule has 2 atom stereocenters. The van der Waals surface area contributed by atoms with Crippen molar-refractivity contribution in [2.45, 2.75) is 39.4 Å². The van der Waals surface area contributed by atoms with E-state index in [1.165, 1.54) is 0 Å². The van der Waals surface area contributed by atoms with E-state index in [1.54, 1.807) is 38.1 Å². The number of carbonyl (C=O) groups excluding carboxylic acids is 1. The molecule has 0 aliphatic rings. The molecule has 4 nitrogen and oxygen atoms in total. The van der Waals surface area contributed by atoms with Gasteiger partial charge in [0.1, 0.15) is 5.75 Å². The van der Waals surface area contributed by atoms with Gasteiger partial charge in [0.2, 0.25) is 0 Å². The van der Waals surface area contributed by atoms with Gasteiger partial charge in [-0.3, -0.25) is 0 Å². The molecule has 0 radical (unpaired) electrons. The maximum absolute atomic E-state index is 11.6. The van der Waals surface area contributed by atoms with Crippen LogP contribution in [0.15, 0.2) is 24.3 Å². The zero-order valence-corrected chi connectivity index (χ0v) is 11.1. The van der Waals surface area contributed by atoms with Crippen molar-refractivity contribution >= 4 is 5.97 Å². The van der Waals surface area contributed by atoms with Gasteiger partial charge in [0.25, 0.3) is 0 Å². The molecule has 0 saturated heterocycles. The van der Waals surface area contributed by atoms with E-state index in [0.717, 1.165) is 5.56 Å². The van der Waals surface area contributed by atoms with Crippen molar-refractivity contribution < 1.29 is 19.4 Å². The molecule has 1 N–H and O–H groups in total. The van der Waals surface area contributed by atoms with Crippen molar-refractivity contribution in [3.63, 3.8) is 0 Å². The lowest BCUT2D eigenvalue weighted by atomic mass is 10.1. The fraction of sp³-hybridized carbons (Fsp3) is 0.500. The summed E-state index contributed by atoms with van der Waals surface area (Å²) in [5.41, 5.74) is 0.812. The van der Waals surface area contributed by atoms with E-state index in [1.807, 2.05) is 6.92 Å². The van der Waals surface area contributed by atoms with Gasteiger partial charge in [0.05, 0.1) is 12.7 Å².